The van der Waals surface area contributed by atoms with Crippen LogP contribution in [0.3, 0.4) is 0 Å². The van der Waals surface area contributed by atoms with Crippen LogP contribution in [-0.2, 0) is 32.7 Å². The minimum absolute atomic E-state index is 0.243. The van der Waals surface area contributed by atoms with Gasteiger partial charge in [0, 0.05) is 19.5 Å². The quantitative estimate of drug-likeness (QED) is 0.837. The summed E-state index contributed by atoms with van der Waals surface area (Å²) in [5.41, 5.74) is 2.68. The number of carbonyl (C=O) groups excluding carboxylic acids is 2. The lowest BCUT2D eigenvalue weighted by Gasteiger charge is -2.21. The van der Waals surface area contributed by atoms with Crippen LogP contribution in [0.25, 0.3) is 0 Å². The minimum Gasteiger partial charge on any atom is -0.296 e. The van der Waals surface area contributed by atoms with Crippen LogP contribution in [-0.4, -0.2) is 24.5 Å². The van der Waals surface area contributed by atoms with Gasteiger partial charge in [-0.05, 0) is 35.2 Å². The van der Waals surface area contributed by atoms with E-state index in [1.54, 1.807) is 30.3 Å². The Labute approximate surface area is 151 Å². The average molecular weight is 370 g/mol. The molecule has 1 N–H and O–H groups in total. The molecule has 2 aliphatic heterocycles. The van der Waals surface area contributed by atoms with Crippen molar-refractivity contribution in [3.05, 3.63) is 65.2 Å². The maximum atomic E-state index is 12.8. The normalized spacial score (nSPS) is 20.7. The predicted octanol–water partition coefficient (Wildman–Crippen LogP) is 1.91. The van der Waals surface area contributed by atoms with Gasteiger partial charge in [-0.3, -0.25) is 14.9 Å². The van der Waals surface area contributed by atoms with Crippen LogP contribution in [0.5, 0.6) is 0 Å². The van der Waals surface area contributed by atoms with Gasteiger partial charge in [0.2, 0.25) is 21.8 Å². The lowest BCUT2D eigenvalue weighted by Crippen LogP contribution is -2.39. The van der Waals surface area contributed by atoms with E-state index in [4.69, 9.17) is 0 Å². The van der Waals surface area contributed by atoms with Crippen LogP contribution in [0.15, 0.2) is 53.4 Å². The summed E-state index contributed by atoms with van der Waals surface area (Å²) in [6.45, 7) is 0.607. The molecule has 0 spiro atoms. The maximum absolute atomic E-state index is 12.8. The molecule has 0 bridgehead atoms. The van der Waals surface area contributed by atoms with Crippen molar-refractivity contribution in [2.24, 2.45) is 0 Å². The molecule has 6 nitrogen and oxygen atoms in total. The fourth-order valence-electron chi connectivity index (χ4n) is 3.52. The molecular formula is C19H18N2O4S. The lowest BCUT2D eigenvalue weighted by molar-refractivity contribution is -0.134. The Morgan fingerprint density at radius 3 is 2.42 bits per heavy atom. The van der Waals surface area contributed by atoms with Gasteiger partial charge in [-0.1, -0.05) is 36.4 Å². The average Bonchev–Trinajstić information content (AvgIpc) is 3.06. The SMILES string of the molecule is O=C1CCC(c2ccc3c(c2)CN(S(=O)(=O)c2ccccc2)C3)C(=O)N1. The molecule has 2 aliphatic rings. The number of hydrogen-bond acceptors (Lipinski definition) is 4. The summed E-state index contributed by atoms with van der Waals surface area (Å²) in [6.07, 6.45) is 0.803. The maximum Gasteiger partial charge on any atom is 0.243 e. The molecule has 1 fully saturated rings. The molecule has 7 heteroatoms. The van der Waals surface area contributed by atoms with Gasteiger partial charge in [0.05, 0.1) is 10.8 Å². The predicted molar refractivity (Wildman–Crippen MR) is 94.4 cm³/mol. The van der Waals surface area contributed by atoms with E-state index in [0.717, 1.165) is 16.7 Å². The van der Waals surface area contributed by atoms with E-state index in [-0.39, 0.29) is 29.2 Å². The number of nitrogens with zero attached hydrogens (tertiary/aromatic N) is 1. The lowest BCUT2D eigenvalue weighted by atomic mass is 9.89. The van der Waals surface area contributed by atoms with Crippen molar-refractivity contribution in [3.8, 4) is 0 Å². The summed E-state index contributed by atoms with van der Waals surface area (Å²) < 4.78 is 27.0. The summed E-state index contributed by atoms with van der Waals surface area (Å²) in [4.78, 5) is 23.7. The van der Waals surface area contributed by atoms with E-state index in [0.29, 0.717) is 19.4 Å². The molecule has 0 aliphatic carbocycles. The first-order chi connectivity index (χ1) is 12.4. The molecular weight excluding hydrogens is 352 g/mol. The van der Waals surface area contributed by atoms with Crippen LogP contribution in [0.2, 0.25) is 0 Å². The van der Waals surface area contributed by atoms with Gasteiger partial charge >= 0.3 is 0 Å². The fraction of sp³-hybridized carbons (Fsp3) is 0.263. The molecule has 0 saturated carbocycles. The molecule has 1 atom stereocenters. The molecule has 1 unspecified atom stereocenters. The van der Waals surface area contributed by atoms with Crippen LogP contribution in [0.4, 0.5) is 0 Å². The Hall–Kier alpha value is -2.51. The van der Waals surface area contributed by atoms with Gasteiger partial charge in [0.15, 0.2) is 0 Å². The van der Waals surface area contributed by atoms with E-state index in [9.17, 15) is 18.0 Å². The second kappa shape index (κ2) is 6.34. The van der Waals surface area contributed by atoms with Crippen molar-refractivity contribution >= 4 is 21.8 Å². The van der Waals surface area contributed by atoms with Crippen LogP contribution >= 0.6 is 0 Å². The van der Waals surface area contributed by atoms with Crippen molar-refractivity contribution in [1.29, 1.82) is 0 Å². The van der Waals surface area contributed by atoms with Gasteiger partial charge in [-0.15, -0.1) is 0 Å². The standard InChI is InChI=1S/C19H18N2O4S/c22-18-9-8-17(19(23)20-18)13-6-7-14-11-21(12-15(14)10-13)26(24,25)16-4-2-1-3-5-16/h1-7,10,17H,8-9,11-12H2,(H,20,22,23). The van der Waals surface area contributed by atoms with Crippen molar-refractivity contribution < 1.29 is 18.0 Å². The second-order valence-electron chi connectivity index (χ2n) is 6.62. The second-order valence-corrected chi connectivity index (χ2v) is 8.56. The number of fused-ring (bicyclic) bond motifs is 1. The topological polar surface area (TPSA) is 83.6 Å². The first kappa shape index (κ1) is 16.9. The summed E-state index contributed by atoms with van der Waals surface area (Å²) in [5, 5.41) is 2.37. The van der Waals surface area contributed by atoms with Crippen LogP contribution in [0, 0.1) is 0 Å². The largest absolute Gasteiger partial charge is 0.296 e. The highest BCUT2D eigenvalue weighted by molar-refractivity contribution is 7.89. The highest BCUT2D eigenvalue weighted by Gasteiger charge is 2.33. The van der Waals surface area contributed by atoms with Gasteiger partial charge in [0.25, 0.3) is 0 Å². The fourth-order valence-corrected chi connectivity index (χ4v) is 4.94. The van der Waals surface area contributed by atoms with Crippen molar-refractivity contribution in [2.45, 2.75) is 36.7 Å². The van der Waals surface area contributed by atoms with Crippen molar-refractivity contribution in [2.75, 3.05) is 0 Å². The summed E-state index contributed by atoms with van der Waals surface area (Å²) in [7, 11) is -3.55. The molecule has 0 aromatic heterocycles. The number of imide groups is 1. The van der Waals surface area contributed by atoms with Crippen molar-refractivity contribution in [1.82, 2.24) is 9.62 Å². The first-order valence-electron chi connectivity index (χ1n) is 8.46. The highest BCUT2D eigenvalue weighted by Crippen LogP contribution is 2.32. The molecule has 2 aromatic rings. The zero-order chi connectivity index (χ0) is 18.3. The number of hydrogen-bond donors (Lipinski definition) is 1. The van der Waals surface area contributed by atoms with Crippen LogP contribution in [0.1, 0.15) is 35.4 Å². The Morgan fingerprint density at radius 1 is 0.962 bits per heavy atom. The van der Waals surface area contributed by atoms with E-state index in [1.807, 2.05) is 18.2 Å². The van der Waals surface area contributed by atoms with E-state index >= 15 is 0 Å². The van der Waals surface area contributed by atoms with E-state index < -0.39 is 10.0 Å². The number of sulfonamides is 1. The molecule has 2 heterocycles. The van der Waals surface area contributed by atoms with E-state index in [1.165, 1.54) is 4.31 Å². The molecule has 2 aromatic carbocycles. The Kier molecular flexibility index (Phi) is 4.13. The summed E-state index contributed by atoms with van der Waals surface area (Å²) >= 11 is 0. The third-order valence-electron chi connectivity index (χ3n) is 4.95. The molecule has 4 rings (SSSR count). The molecule has 26 heavy (non-hydrogen) atoms. The number of carbonyl (C=O) groups is 2. The molecule has 134 valence electrons. The third-order valence-corrected chi connectivity index (χ3v) is 6.75. The number of amides is 2. The van der Waals surface area contributed by atoms with Gasteiger partial charge in [0.1, 0.15) is 0 Å². The first-order valence-corrected chi connectivity index (χ1v) is 9.90. The Morgan fingerprint density at radius 2 is 1.69 bits per heavy atom. The van der Waals surface area contributed by atoms with Gasteiger partial charge in [-0.2, -0.15) is 4.31 Å². The van der Waals surface area contributed by atoms with Gasteiger partial charge in [-0.25, -0.2) is 8.42 Å². The third kappa shape index (κ3) is 2.93. The van der Waals surface area contributed by atoms with Gasteiger partial charge < -0.3 is 0 Å². The summed E-state index contributed by atoms with van der Waals surface area (Å²) in [6, 6.07) is 14.0. The van der Waals surface area contributed by atoms with Crippen molar-refractivity contribution in [3.63, 3.8) is 0 Å². The molecule has 0 radical (unpaired) electrons. The number of benzene rings is 2. The Bertz CT molecular complexity index is 986. The Balaban J connectivity index is 1.59. The molecule has 2 amide bonds. The number of piperidine rings is 1. The van der Waals surface area contributed by atoms with E-state index in [2.05, 4.69) is 5.32 Å². The van der Waals surface area contributed by atoms with Crippen LogP contribution < -0.4 is 5.32 Å². The monoisotopic (exact) mass is 370 g/mol. The minimum atomic E-state index is -3.55. The smallest absolute Gasteiger partial charge is 0.243 e. The summed E-state index contributed by atoms with van der Waals surface area (Å²) in [5.74, 6) is -0.890. The highest BCUT2D eigenvalue weighted by atomic mass is 32.2. The number of rotatable bonds is 3. The zero-order valence-corrected chi connectivity index (χ0v) is 14.8. The molecule has 1 saturated heterocycles. The zero-order valence-electron chi connectivity index (χ0n) is 14.0. The number of nitrogens with one attached hydrogen (secondary N) is 1.